The molecule has 0 aliphatic rings. The van der Waals surface area contributed by atoms with Gasteiger partial charge in [-0.05, 0) is 24.4 Å². The second-order valence-corrected chi connectivity index (χ2v) is 4.46. The summed E-state index contributed by atoms with van der Waals surface area (Å²) >= 11 is 5.72. The quantitative estimate of drug-likeness (QED) is 0.818. The summed E-state index contributed by atoms with van der Waals surface area (Å²) in [6.45, 7) is 0.350. The highest BCUT2D eigenvalue weighted by Crippen LogP contribution is 2.22. The van der Waals surface area contributed by atoms with E-state index >= 15 is 0 Å². The first-order chi connectivity index (χ1) is 8.78. The number of halogens is 4. The second-order valence-electron chi connectivity index (χ2n) is 4.12. The molecule has 108 valence electrons. The molecule has 0 fully saturated rings. The maximum atomic E-state index is 11.9. The lowest BCUT2D eigenvalue weighted by Crippen LogP contribution is -2.16. The average molecular weight is 298 g/mol. The van der Waals surface area contributed by atoms with E-state index in [4.69, 9.17) is 11.6 Å². The van der Waals surface area contributed by atoms with Crippen molar-refractivity contribution in [2.75, 3.05) is 30.9 Å². The first-order valence-electron chi connectivity index (χ1n) is 5.67. The minimum absolute atomic E-state index is 0.0384. The topological polar surface area (TPSA) is 53.9 Å². The fraction of sp³-hybridized carbons (Fsp3) is 0.700. The molecule has 0 aromatic carbocycles. The zero-order valence-electron chi connectivity index (χ0n) is 10.6. The van der Waals surface area contributed by atoms with E-state index in [1.807, 2.05) is 0 Å². The Morgan fingerprint density at radius 3 is 2.42 bits per heavy atom. The summed E-state index contributed by atoms with van der Waals surface area (Å²) < 4.78 is 35.8. The fourth-order valence-electron chi connectivity index (χ4n) is 1.27. The van der Waals surface area contributed by atoms with Gasteiger partial charge in [0.1, 0.15) is 0 Å². The lowest BCUT2D eigenvalue weighted by molar-refractivity contribution is -0.135. The summed E-state index contributed by atoms with van der Waals surface area (Å²) in [5, 5.41) is 2.86. The number of nitrogens with one attached hydrogen (secondary N) is 1. The molecular formula is C10H15ClF3N5. The summed E-state index contributed by atoms with van der Waals surface area (Å²) in [4.78, 5) is 13.5. The molecule has 0 unspecified atom stereocenters. The van der Waals surface area contributed by atoms with Gasteiger partial charge in [0.2, 0.25) is 17.2 Å². The molecule has 5 nitrogen and oxygen atoms in total. The van der Waals surface area contributed by atoms with Gasteiger partial charge in [0, 0.05) is 27.1 Å². The average Bonchev–Trinajstić information content (AvgIpc) is 2.26. The van der Waals surface area contributed by atoms with Gasteiger partial charge in [0.05, 0.1) is 0 Å². The first kappa shape index (κ1) is 15.7. The molecule has 0 atom stereocenters. The Bertz CT molecular complexity index is 411. The molecule has 1 N–H and O–H groups in total. The van der Waals surface area contributed by atoms with E-state index in [0.29, 0.717) is 18.9 Å². The number of alkyl halides is 3. The van der Waals surface area contributed by atoms with Crippen LogP contribution < -0.4 is 10.2 Å². The smallest absolute Gasteiger partial charge is 0.354 e. The Labute approximate surface area is 114 Å². The van der Waals surface area contributed by atoms with E-state index < -0.39 is 12.6 Å². The predicted molar refractivity (Wildman–Crippen MR) is 67.6 cm³/mol. The van der Waals surface area contributed by atoms with Crippen molar-refractivity contribution in [3.05, 3.63) is 5.28 Å². The van der Waals surface area contributed by atoms with Crippen LogP contribution in [0.25, 0.3) is 0 Å². The largest absolute Gasteiger partial charge is 0.389 e. The van der Waals surface area contributed by atoms with E-state index in [9.17, 15) is 13.2 Å². The van der Waals surface area contributed by atoms with Crippen LogP contribution in [0.5, 0.6) is 0 Å². The molecule has 0 spiro atoms. The van der Waals surface area contributed by atoms with Crippen molar-refractivity contribution >= 4 is 23.5 Å². The van der Waals surface area contributed by atoms with Crippen LogP contribution in [0.3, 0.4) is 0 Å². The van der Waals surface area contributed by atoms with Gasteiger partial charge in [-0.25, -0.2) is 0 Å². The summed E-state index contributed by atoms with van der Waals surface area (Å²) in [7, 11) is 3.50. The van der Waals surface area contributed by atoms with E-state index in [0.717, 1.165) is 0 Å². The number of hydrogen-bond donors (Lipinski definition) is 1. The van der Waals surface area contributed by atoms with Gasteiger partial charge in [0.15, 0.2) is 0 Å². The van der Waals surface area contributed by atoms with Crippen molar-refractivity contribution in [3.8, 4) is 0 Å². The molecule has 9 heteroatoms. The van der Waals surface area contributed by atoms with E-state index in [-0.39, 0.29) is 17.7 Å². The van der Waals surface area contributed by atoms with Gasteiger partial charge in [0.25, 0.3) is 0 Å². The Kier molecular flexibility index (Phi) is 5.59. The third-order valence-electron chi connectivity index (χ3n) is 2.17. The van der Waals surface area contributed by atoms with Crippen LogP contribution in [0.4, 0.5) is 25.1 Å². The Hall–Kier alpha value is -1.31. The van der Waals surface area contributed by atoms with Crippen LogP contribution in [0.15, 0.2) is 0 Å². The molecule has 0 aliphatic heterocycles. The number of unbranched alkanes of at least 4 members (excludes halogenated alkanes) is 1. The molecule has 0 aliphatic carbocycles. The zero-order valence-corrected chi connectivity index (χ0v) is 11.4. The maximum absolute atomic E-state index is 11.9. The molecule has 0 saturated carbocycles. The van der Waals surface area contributed by atoms with E-state index in [2.05, 4.69) is 20.3 Å². The monoisotopic (exact) mass is 297 g/mol. The molecular weight excluding hydrogens is 283 g/mol. The third-order valence-corrected chi connectivity index (χ3v) is 2.34. The summed E-state index contributed by atoms with van der Waals surface area (Å²) in [5.74, 6) is 0.647. The standard InChI is InChI=1S/C10H15ClF3N5/c1-19(2)9-17-7(11)16-8(18-9)15-6-4-3-5-10(12,13)14/h3-6H2,1-2H3,(H,15,16,17,18). The van der Waals surface area contributed by atoms with E-state index in [1.165, 1.54) is 0 Å². The molecule has 1 aromatic heterocycles. The molecule has 1 heterocycles. The number of nitrogens with zero attached hydrogens (tertiary/aromatic N) is 4. The van der Waals surface area contributed by atoms with Gasteiger partial charge < -0.3 is 10.2 Å². The van der Waals surface area contributed by atoms with Crippen molar-refractivity contribution in [3.63, 3.8) is 0 Å². The number of anilines is 2. The molecule has 1 rings (SSSR count). The van der Waals surface area contributed by atoms with Crippen LogP contribution in [0, 0.1) is 0 Å². The fourth-order valence-corrected chi connectivity index (χ4v) is 1.42. The summed E-state index contributed by atoms with van der Waals surface area (Å²) in [6, 6.07) is 0. The van der Waals surface area contributed by atoms with Crippen molar-refractivity contribution in [2.24, 2.45) is 0 Å². The highest BCUT2D eigenvalue weighted by atomic mass is 35.5. The minimum Gasteiger partial charge on any atom is -0.354 e. The van der Waals surface area contributed by atoms with Crippen LogP contribution >= 0.6 is 11.6 Å². The SMILES string of the molecule is CN(C)c1nc(Cl)nc(NCCCCC(F)(F)F)n1. The Morgan fingerprint density at radius 1 is 1.16 bits per heavy atom. The van der Waals surface area contributed by atoms with Crippen molar-refractivity contribution < 1.29 is 13.2 Å². The van der Waals surface area contributed by atoms with Crippen LogP contribution in [0.1, 0.15) is 19.3 Å². The van der Waals surface area contributed by atoms with Crippen LogP contribution in [-0.2, 0) is 0 Å². The number of hydrogen-bond acceptors (Lipinski definition) is 5. The predicted octanol–water partition coefficient (Wildman–Crippen LogP) is 2.74. The normalized spacial score (nSPS) is 11.5. The number of rotatable bonds is 6. The molecule has 0 bridgehead atoms. The van der Waals surface area contributed by atoms with Crippen LogP contribution in [-0.4, -0.2) is 41.8 Å². The lowest BCUT2D eigenvalue weighted by Gasteiger charge is -2.12. The highest BCUT2D eigenvalue weighted by Gasteiger charge is 2.25. The molecule has 0 radical (unpaired) electrons. The summed E-state index contributed by atoms with van der Waals surface area (Å²) in [5.41, 5.74) is 0. The third kappa shape index (κ3) is 6.42. The van der Waals surface area contributed by atoms with Crippen molar-refractivity contribution in [1.82, 2.24) is 15.0 Å². The number of aromatic nitrogens is 3. The molecule has 0 saturated heterocycles. The maximum Gasteiger partial charge on any atom is 0.389 e. The van der Waals surface area contributed by atoms with Gasteiger partial charge in [-0.2, -0.15) is 28.1 Å². The van der Waals surface area contributed by atoms with Gasteiger partial charge in [-0.15, -0.1) is 0 Å². The molecule has 19 heavy (non-hydrogen) atoms. The Morgan fingerprint density at radius 2 is 1.84 bits per heavy atom. The zero-order chi connectivity index (χ0) is 14.5. The van der Waals surface area contributed by atoms with Gasteiger partial charge >= 0.3 is 6.18 Å². The minimum atomic E-state index is -4.10. The van der Waals surface area contributed by atoms with Gasteiger partial charge in [-0.3, -0.25) is 0 Å². The van der Waals surface area contributed by atoms with Crippen molar-refractivity contribution in [2.45, 2.75) is 25.4 Å². The first-order valence-corrected chi connectivity index (χ1v) is 6.05. The highest BCUT2D eigenvalue weighted by molar-refractivity contribution is 6.28. The summed E-state index contributed by atoms with van der Waals surface area (Å²) in [6.07, 6.45) is -4.44. The Balaban J connectivity index is 2.41. The van der Waals surface area contributed by atoms with Crippen LogP contribution in [0.2, 0.25) is 5.28 Å². The van der Waals surface area contributed by atoms with E-state index in [1.54, 1.807) is 19.0 Å². The van der Waals surface area contributed by atoms with Crippen molar-refractivity contribution in [1.29, 1.82) is 0 Å². The second kappa shape index (κ2) is 6.74. The van der Waals surface area contributed by atoms with Gasteiger partial charge in [-0.1, -0.05) is 0 Å². The lowest BCUT2D eigenvalue weighted by atomic mass is 10.2. The molecule has 0 amide bonds. The molecule has 1 aromatic rings.